The number of nitrogens with zero attached hydrogens (tertiary/aromatic N) is 3. The molecule has 1 atom stereocenters. The van der Waals surface area contributed by atoms with E-state index in [1.165, 1.54) is 0 Å². The van der Waals surface area contributed by atoms with Crippen LogP contribution in [-0.4, -0.2) is 9.78 Å². The maximum atomic E-state index is 9.25. The molecule has 0 aliphatic heterocycles. The maximum Gasteiger partial charge on any atom is 0.0908 e. The predicted octanol–water partition coefficient (Wildman–Crippen LogP) is 2.81. The summed E-state index contributed by atoms with van der Waals surface area (Å²) in [7, 11) is 0. The number of benzene rings is 1. The van der Waals surface area contributed by atoms with Crippen LogP contribution < -0.4 is 0 Å². The van der Waals surface area contributed by atoms with E-state index in [1.54, 1.807) is 0 Å². The van der Waals surface area contributed by atoms with E-state index in [4.69, 9.17) is 0 Å². The molecule has 0 amide bonds. The molecule has 0 spiro atoms. The van der Waals surface area contributed by atoms with Gasteiger partial charge in [-0.2, -0.15) is 10.4 Å². The Balaban J connectivity index is 2.22. The highest BCUT2D eigenvalue weighted by atomic mass is 15.3. The van der Waals surface area contributed by atoms with Crippen molar-refractivity contribution in [3.63, 3.8) is 0 Å². The minimum atomic E-state index is -0.144. The van der Waals surface area contributed by atoms with Crippen molar-refractivity contribution < 1.29 is 0 Å². The van der Waals surface area contributed by atoms with Crippen molar-refractivity contribution in [2.24, 2.45) is 0 Å². The Hall–Kier alpha value is -2.08. The number of hydrogen-bond donors (Lipinski definition) is 0. The van der Waals surface area contributed by atoms with E-state index < -0.39 is 0 Å². The first-order chi connectivity index (χ1) is 8.20. The number of aromatic nitrogens is 2. The van der Waals surface area contributed by atoms with Gasteiger partial charge >= 0.3 is 0 Å². The Labute approximate surface area is 101 Å². The second-order valence-electron chi connectivity index (χ2n) is 4.20. The Morgan fingerprint density at radius 3 is 2.53 bits per heavy atom. The van der Waals surface area contributed by atoms with Crippen molar-refractivity contribution in [2.45, 2.75) is 26.3 Å². The number of hydrogen-bond acceptors (Lipinski definition) is 2. The summed E-state index contributed by atoms with van der Waals surface area (Å²) in [4.78, 5) is 0. The summed E-state index contributed by atoms with van der Waals surface area (Å²) in [6, 6.07) is 14.2. The fourth-order valence-corrected chi connectivity index (χ4v) is 1.94. The molecule has 17 heavy (non-hydrogen) atoms. The monoisotopic (exact) mass is 225 g/mol. The van der Waals surface area contributed by atoms with E-state index in [1.807, 2.05) is 54.9 Å². The van der Waals surface area contributed by atoms with Gasteiger partial charge in [0.1, 0.15) is 0 Å². The molecule has 0 radical (unpaired) electrons. The molecule has 3 nitrogen and oxygen atoms in total. The van der Waals surface area contributed by atoms with Gasteiger partial charge in [-0.05, 0) is 25.5 Å². The molecule has 2 aromatic rings. The molecule has 0 saturated heterocycles. The van der Waals surface area contributed by atoms with Gasteiger partial charge in [0.05, 0.1) is 24.2 Å². The number of nitriles is 1. The highest BCUT2D eigenvalue weighted by Crippen LogP contribution is 2.17. The van der Waals surface area contributed by atoms with Gasteiger partial charge in [-0.1, -0.05) is 30.3 Å². The summed E-state index contributed by atoms with van der Waals surface area (Å²) in [5.41, 5.74) is 3.13. The van der Waals surface area contributed by atoms with E-state index in [2.05, 4.69) is 11.2 Å². The largest absolute Gasteiger partial charge is 0.268 e. The molecule has 3 heteroatoms. The molecular weight excluding hydrogens is 210 g/mol. The summed E-state index contributed by atoms with van der Waals surface area (Å²) >= 11 is 0. The lowest BCUT2D eigenvalue weighted by molar-refractivity contribution is 0.562. The summed E-state index contributed by atoms with van der Waals surface area (Å²) in [6.07, 6.45) is 0. The molecule has 0 fully saturated rings. The van der Waals surface area contributed by atoms with Crippen LogP contribution in [0.15, 0.2) is 36.4 Å². The number of rotatable bonds is 3. The topological polar surface area (TPSA) is 41.6 Å². The van der Waals surface area contributed by atoms with Crippen molar-refractivity contribution in [2.75, 3.05) is 0 Å². The smallest absolute Gasteiger partial charge is 0.0908 e. The number of aryl methyl sites for hydroxylation is 2. The van der Waals surface area contributed by atoms with Crippen LogP contribution in [0.25, 0.3) is 0 Å². The van der Waals surface area contributed by atoms with Gasteiger partial charge in [0.25, 0.3) is 0 Å². The van der Waals surface area contributed by atoms with E-state index in [0.717, 1.165) is 17.0 Å². The molecule has 1 aromatic carbocycles. The zero-order valence-electron chi connectivity index (χ0n) is 10.1. The molecule has 0 aliphatic carbocycles. The van der Waals surface area contributed by atoms with Crippen molar-refractivity contribution >= 4 is 0 Å². The third-order valence-electron chi connectivity index (χ3n) is 2.82. The third kappa shape index (κ3) is 2.54. The molecule has 1 unspecified atom stereocenters. The molecule has 1 heterocycles. The Bertz CT molecular complexity index is 534. The Kier molecular flexibility index (Phi) is 3.24. The van der Waals surface area contributed by atoms with Crippen LogP contribution in [0, 0.1) is 25.2 Å². The lowest BCUT2D eigenvalue weighted by atomic mass is 10.0. The van der Waals surface area contributed by atoms with Crippen LogP contribution in [0.1, 0.15) is 22.9 Å². The minimum absolute atomic E-state index is 0.144. The van der Waals surface area contributed by atoms with Crippen molar-refractivity contribution in [1.82, 2.24) is 9.78 Å². The van der Waals surface area contributed by atoms with Gasteiger partial charge in [0.15, 0.2) is 0 Å². The molecule has 1 aromatic heterocycles. The van der Waals surface area contributed by atoms with Crippen LogP contribution in [0.5, 0.6) is 0 Å². The lowest BCUT2D eigenvalue weighted by Gasteiger charge is -2.10. The van der Waals surface area contributed by atoms with Crippen LogP contribution in [0.4, 0.5) is 0 Å². The first-order valence-electron chi connectivity index (χ1n) is 5.66. The van der Waals surface area contributed by atoms with Gasteiger partial charge in [0, 0.05) is 5.69 Å². The second-order valence-corrected chi connectivity index (χ2v) is 4.20. The Morgan fingerprint density at radius 1 is 1.29 bits per heavy atom. The molecule has 0 N–H and O–H groups in total. The van der Waals surface area contributed by atoms with Crippen molar-refractivity contribution in [3.8, 4) is 6.07 Å². The van der Waals surface area contributed by atoms with Crippen molar-refractivity contribution in [3.05, 3.63) is 53.3 Å². The van der Waals surface area contributed by atoms with Gasteiger partial charge in [-0.15, -0.1) is 0 Å². The van der Waals surface area contributed by atoms with Crippen LogP contribution in [-0.2, 0) is 6.54 Å². The van der Waals surface area contributed by atoms with Gasteiger partial charge in [0.2, 0.25) is 0 Å². The molecule has 86 valence electrons. The molecule has 0 saturated carbocycles. The minimum Gasteiger partial charge on any atom is -0.268 e. The summed E-state index contributed by atoms with van der Waals surface area (Å²) < 4.78 is 1.90. The maximum absolute atomic E-state index is 9.25. The van der Waals surface area contributed by atoms with E-state index in [0.29, 0.717) is 6.54 Å². The standard InChI is InChI=1S/C14H15N3/c1-11-8-12(2)17(16-11)10-14(9-15)13-6-4-3-5-7-13/h3-8,14H,10H2,1-2H3. The van der Waals surface area contributed by atoms with Gasteiger partial charge < -0.3 is 0 Å². The van der Waals surface area contributed by atoms with Crippen LogP contribution >= 0.6 is 0 Å². The predicted molar refractivity (Wildman–Crippen MR) is 66.5 cm³/mol. The molecular formula is C14H15N3. The van der Waals surface area contributed by atoms with E-state index in [-0.39, 0.29) is 5.92 Å². The highest BCUT2D eigenvalue weighted by molar-refractivity contribution is 5.24. The molecule has 0 bridgehead atoms. The normalized spacial score (nSPS) is 12.1. The zero-order valence-corrected chi connectivity index (χ0v) is 10.1. The van der Waals surface area contributed by atoms with E-state index >= 15 is 0 Å². The third-order valence-corrected chi connectivity index (χ3v) is 2.82. The first-order valence-corrected chi connectivity index (χ1v) is 5.66. The zero-order chi connectivity index (χ0) is 12.3. The quantitative estimate of drug-likeness (QED) is 0.806. The van der Waals surface area contributed by atoms with Gasteiger partial charge in [-0.3, -0.25) is 4.68 Å². The van der Waals surface area contributed by atoms with E-state index in [9.17, 15) is 5.26 Å². The fraction of sp³-hybridized carbons (Fsp3) is 0.286. The summed E-state index contributed by atoms with van der Waals surface area (Å²) in [5.74, 6) is -0.144. The van der Waals surface area contributed by atoms with Gasteiger partial charge in [-0.25, -0.2) is 0 Å². The molecule has 0 aliphatic rings. The molecule has 2 rings (SSSR count). The summed E-state index contributed by atoms with van der Waals surface area (Å²) in [5, 5.41) is 13.6. The first kappa shape index (κ1) is 11.4. The highest BCUT2D eigenvalue weighted by Gasteiger charge is 2.12. The van der Waals surface area contributed by atoms with Crippen LogP contribution in [0.3, 0.4) is 0 Å². The summed E-state index contributed by atoms with van der Waals surface area (Å²) in [6.45, 7) is 4.59. The SMILES string of the molecule is Cc1cc(C)n(CC(C#N)c2ccccc2)n1. The van der Waals surface area contributed by atoms with Crippen LogP contribution in [0.2, 0.25) is 0 Å². The lowest BCUT2D eigenvalue weighted by Crippen LogP contribution is -2.10. The van der Waals surface area contributed by atoms with Crippen molar-refractivity contribution in [1.29, 1.82) is 5.26 Å². The second kappa shape index (κ2) is 4.84. The Morgan fingerprint density at radius 2 is 2.00 bits per heavy atom. The average Bonchev–Trinajstić information content (AvgIpc) is 2.66. The average molecular weight is 225 g/mol. The fourth-order valence-electron chi connectivity index (χ4n) is 1.94.